The molecule has 10 heteroatoms. The first-order chi connectivity index (χ1) is 12.7. The van der Waals surface area contributed by atoms with Crippen molar-refractivity contribution in [1.29, 1.82) is 0 Å². The van der Waals surface area contributed by atoms with Gasteiger partial charge in [0.15, 0.2) is 11.6 Å². The molecule has 0 aliphatic heterocycles. The molecule has 0 fully saturated rings. The molecule has 2 heterocycles. The summed E-state index contributed by atoms with van der Waals surface area (Å²) in [4.78, 5) is 4.31. The zero-order chi connectivity index (χ0) is 18.4. The van der Waals surface area contributed by atoms with Gasteiger partial charge in [0.2, 0.25) is 11.0 Å². The van der Waals surface area contributed by atoms with Gasteiger partial charge in [-0.2, -0.15) is 4.98 Å². The van der Waals surface area contributed by atoms with Gasteiger partial charge in [0, 0.05) is 12.5 Å². The van der Waals surface area contributed by atoms with Gasteiger partial charge in [-0.05, 0) is 18.6 Å². The number of thioether (sulfide) groups is 1. The van der Waals surface area contributed by atoms with Crippen LogP contribution in [-0.4, -0.2) is 32.1 Å². The molecule has 0 unspecified atom stereocenters. The highest BCUT2D eigenvalue weighted by molar-refractivity contribution is 7.98. The lowest BCUT2D eigenvalue weighted by Crippen LogP contribution is -2.15. The molecule has 2 N–H and O–H groups in total. The van der Waals surface area contributed by atoms with Gasteiger partial charge in [-0.15, -0.1) is 10.2 Å². The van der Waals surface area contributed by atoms with Gasteiger partial charge in [-0.3, -0.25) is 0 Å². The Morgan fingerprint density at radius 3 is 2.92 bits per heavy atom. The normalized spacial score (nSPS) is 10.8. The molecule has 1 aromatic carbocycles. The third-order valence-corrected chi connectivity index (χ3v) is 4.39. The van der Waals surface area contributed by atoms with E-state index in [0.29, 0.717) is 34.2 Å². The number of hydrogen-bond acceptors (Lipinski definition) is 9. The molecule has 0 saturated heterocycles. The first kappa shape index (κ1) is 18.1. The van der Waals surface area contributed by atoms with Crippen molar-refractivity contribution in [2.45, 2.75) is 37.3 Å². The fraction of sp³-hybridized carbons (Fsp3) is 0.375. The van der Waals surface area contributed by atoms with Crippen LogP contribution in [0.5, 0.6) is 11.5 Å². The van der Waals surface area contributed by atoms with Crippen LogP contribution in [0.1, 0.15) is 30.9 Å². The van der Waals surface area contributed by atoms with Crippen molar-refractivity contribution in [1.82, 2.24) is 25.0 Å². The molecule has 0 aliphatic rings. The summed E-state index contributed by atoms with van der Waals surface area (Å²) >= 11 is 1.38. The molecule has 0 radical (unpaired) electrons. The summed E-state index contributed by atoms with van der Waals surface area (Å²) in [6.45, 7) is 2.25. The monoisotopic (exact) mass is 376 g/mol. The lowest BCUT2D eigenvalue weighted by atomic mass is 10.3. The zero-order valence-electron chi connectivity index (χ0n) is 14.6. The third-order valence-electron chi connectivity index (χ3n) is 3.45. The quantitative estimate of drug-likeness (QED) is 0.443. The number of nitrogens with zero attached hydrogens (tertiary/aromatic N) is 5. The maximum atomic E-state index is 6.04. The van der Waals surface area contributed by atoms with Gasteiger partial charge in [0.1, 0.15) is 18.1 Å². The smallest absolute Gasteiger partial charge is 0.226 e. The fourth-order valence-corrected chi connectivity index (χ4v) is 2.85. The maximum absolute atomic E-state index is 6.04. The van der Waals surface area contributed by atoms with Crippen LogP contribution >= 0.6 is 11.8 Å². The molecule has 3 aromatic rings. The van der Waals surface area contributed by atoms with Crippen molar-refractivity contribution in [3.8, 4) is 11.5 Å². The molecule has 3 rings (SSSR count). The number of rotatable bonds is 9. The highest BCUT2D eigenvalue weighted by Crippen LogP contribution is 2.21. The molecule has 138 valence electrons. The summed E-state index contributed by atoms with van der Waals surface area (Å²) in [6.07, 6.45) is 1.74. The molecule has 0 atom stereocenters. The second kappa shape index (κ2) is 8.56. The molecular weight excluding hydrogens is 356 g/mol. The number of aryl methyl sites for hydroxylation is 1. The lowest BCUT2D eigenvalue weighted by molar-refractivity contribution is 0.289. The van der Waals surface area contributed by atoms with E-state index in [9.17, 15) is 0 Å². The van der Waals surface area contributed by atoms with Gasteiger partial charge in [-0.1, -0.05) is 29.9 Å². The van der Waals surface area contributed by atoms with E-state index in [2.05, 4.69) is 27.3 Å². The van der Waals surface area contributed by atoms with Crippen LogP contribution in [0.3, 0.4) is 0 Å². The Balaban J connectivity index is 1.56. The third kappa shape index (κ3) is 4.45. The van der Waals surface area contributed by atoms with Crippen LogP contribution in [-0.2, 0) is 18.8 Å². The Kier molecular flexibility index (Phi) is 5.95. The van der Waals surface area contributed by atoms with Crippen molar-refractivity contribution in [2.75, 3.05) is 13.0 Å². The Hall–Kier alpha value is -2.75. The molecule has 0 aliphatic carbocycles. The number of nitrogen functional groups attached to an aromatic ring is 1. The molecule has 2 aromatic heterocycles. The molecule has 0 bridgehead atoms. The van der Waals surface area contributed by atoms with E-state index in [4.69, 9.17) is 19.8 Å². The highest BCUT2D eigenvalue weighted by atomic mass is 32.2. The van der Waals surface area contributed by atoms with Crippen molar-refractivity contribution in [2.24, 2.45) is 0 Å². The predicted octanol–water partition coefficient (Wildman–Crippen LogP) is 2.21. The van der Waals surface area contributed by atoms with Gasteiger partial charge in [-0.25, -0.2) is 4.68 Å². The standard InChI is InChI=1S/C16H20N6O3S/c1-3-5-15-18-13(21-25-15)10-26-16-20-19-14(22(16)17)9-24-12-7-4-6-11(8-12)23-2/h4,6-8H,3,5,9-10,17H2,1-2H3. The molecule has 0 amide bonds. The first-order valence-corrected chi connectivity index (χ1v) is 9.08. The van der Waals surface area contributed by atoms with Gasteiger partial charge in [0.25, 0.3) is 0 Å². The summed E-state index contributed by atoms with van der Waals surface area (Å²) in [5.41, 5.74) is 0. The lowest BCUT2D eigenvalue weighted by Gasteiger charge is -2.07. The summed E-state index contributed by atoms with van der Waals surface area (Å²) in [5, 5.41) is 12.6. The number of hydrogen-bond donors (Lipinski definition) is 1. The minimum absolute atomic E-state index is 0.195. The van der Waals surface area contributed by atoms with Crippen molar-refractivity contribution in [3.63, 3.8) is 0 Å². The van der Waals surface area contributed by atoms with Crippen LogP contribution in [0, 0.1) is 0 Å². The molecule has 9 nitrogen and oxygen atoms in total. The average Bonchev–Trinajstić information content (AvgIpc) is 3.25. The zero-order valence-corrected chi connectivity index (χ0v) is 15.4. The number of methoxy groups -OCH3 is 1. The number of benzene rings is 1. The fourth-order valence-electron chi connectivity index (χ4n) is 2.14. The Labute approximate surface area is 154 Å². The second-order valence-corrected chi connectivity index (χ2v) is 6.32. The summed E-state index contributed by atoms with van der Waals surface area (Å²) in [7, 11) is 1.61. The maximum Gasteiger partial charge on any atom is 0.226 e. The number of aromatic nitrogens is 5. The summed E-state index contributed by atoms with van der Waals surface area (Å²) in [6, 6.07) is 7.31. The number of nitrogens with two attached hydrogens (primary N) is 1. The summed E-state index contributed by atoms with van der Waals surface area (Å²) in [5.74, 6) is 9.68. The topological polar surface area (TPSA) is 114 Å². The van der Waals surface area contributed by atoms with Crippen LogP contribution in [0.2, 0.25) is 0 Å². The van der Waals surface area contributed by atoms with E-state index >= 15 is 0 Å². The predicted molar refractivity (Wildman–Crippen MR) is 95.4 cm³/mol. The van der Waals surface area contributed by atoms with E-state index in [1.54, 1.807) is 13.2 Å². The van der Waals surface area contributed by atoms with E-state index in [1.807, 2.05) is 18.2 Å². The van der Waals surface area contributed by atoms with Gasteiger partial charge in [0.05, 0.1) is 12.9 Å². The Morgan fingerprint density at radius 1 is 1.27 bits per heavy atom. The second-order valence-electron chi connectivity index (χ2n) is 5.38. The Bertz CT molecular complexity index is 850. The number of ether oxygens (including phenoxy) is 2. The van der Waals surface area contributed by atoms with Crippen LogP contribution in [0.15, 0.2) is 33.9 Å². The van der Waals surface area contributed by atoms with E-state index < -0.39 is 0 Å². The van der Waals surface area contributed by atoms with E-state index in [0.717, 1.165) is 18.6 Å². The largest absolute Gasteiger partial charge is 0.497 e. The highest BCUT2D eigenvalue weighted by Gasteiger charge is 2.13. The minimum atomic E-state index is 0.195. The Morgan fingerprint density at radius 2 is 2.12 bits per heavy atom. The minimum Gasteiger partial charge on any atom is -0.497 e. The van der Waals surface area contributed by atoms with Crippen molar-refractivity contribution in [3.05, 3.63) is 41.8 Å². The van der Waals surface area contributed by atoms with Crippen LogP contribution in [0.4, 0.5) is 0 Å². The average molecular weight is 376 g/mol. The van der Waals surface area contributed by atoms with E-state index in [-0.39, 0.29) is 6.61 Å². The molecule has 26 heavy (non-hydrogen) atoms. The first-order valence-electron chi connectivity index (χ1n) is 8.10. The van der Waals surface area contributed by atoms with Gasteiger partial charge >= 0.3 is 0 Å². The van der Waals surface area contributed by atoms with E-state index in [1.165, 1.54) is 16.4 Å². The molecule has 0 spiro atoms. The SMILES string of the molecule is CCCc1nc(CSc2nnc(COc3cccc(OC)c3)n2N)no1. The van der Waals surface area contributed by atoms with Crippen molar-refractivity contribution < 1.29 is 14.0 Å². The van der Waals surface area contributed by atoms with Gasteiger partial charge < -0.3 is 19.8 Å². The van der Waals surface area contributed by atoms with Crippen LogP contribution in [0.25, 0.3) is 0 Å². The van der Waals surface area contributed by atoms with Crippen molar-refractivity contribution >= 4 is 11.8 Å². The summed E-state index contributed by atoms with van der Waals surface area (Å²) < 4.78 is 17.4. The molecular formula is C16H20N6O3S. The molecule has 0 saturated carbocycles. The van der Waals surface area contributed by atoms with Crippen LogP contribution < -0.4 is 15.3 Å².